The number of ether oxygens (including phenoxy) is 2. The molecule has 0 N–H and O–H groups in total. The maximum Gasteiger partial charge on any atom is 0.331 e. The van der Waals surface area contributed by atoms with Gasteiger partial charge in [0, 0.05) is 18.6 Å². The van der Waals surface area contributed by atoms with Gasteiger partial charge < -0.3 is 9.47 Å². The number of carbonyl (C=O) groups is 1. The van der Waals surface area contributed by atoms with E-state index in [1.165, 1.54) is 44.9 Å². The fraction of sp³-hybridized carbons (Fsp3) is 0.725. The van der Waals surface area contributed by atoms with Gasteiger partial charge in [0.2, 0.25) is 0 Å². The number of esters is 1. The molecule has 0 saturated heterocycles. The number of carbonyl (C=O) groups excluding carboxylic acids is 1. The summed E-state index contributed by atoms with van der Waals surface area (Å²) >= 11 is 0. The number of fused-ring (bicyclic) bond motifs is 7. The van der Waals surface area contributed by atoms with E-state index in [9.17, 15) is 4.79 Å². The molecule has 4 fully saturated rings. The normalized spacial score (nSPS) is 47.0. The SMILES string of the molecule is CO[C@H]1C[C@@]2(C)C(CC[C@]3(C)C2CC=C2C4[C@@H](C)[C@H](C)CC[C@]4(C)CC[C@]23C)C(C)(C)[C@@H]1OC(=O)/C=C/c1ccccc1. The van der Waals surface area contributed by atoms with Crippen molar-refractivity contribution in [2.24, 2.45) is 56.7 Å². The van der Waals surface area contributed by atoms with E-state index in [1.807, 2.05) is 49.1 Å². The first-order chi connectivity index (χ1) is 20.2. The minimum absolute atomic E-state index is 0.111. The van der Waals surface area contributed by atoms with Crippen molar-refractivity contribution in [2.75, 3.05) is 7.11 Å². The lowest BCUT2D eigenvalue weighted by atomic mass is 9.33. The molecule has 11 atom stereocenters. The van der Waals surface area contributed by atoms with Gasteiger partial charge in [-0.15, -0.1) is 0 Å². The summed E-state index contributed by atoms with van der Waals surface area (Å²) in [6.45, 7) is 20.3. The van der Waals surface area contributed by atoms with E-state index in [0.717, 1.165) is 29.7 Å². The van der Waals surface area contributed by atoms with Gasteiger partial charge >= 0.3 is 5.97 Å². The van der Waals surface area contributed by atoms with Crippen LogP contribution < -0.4 is 0 Å². The van der Waals surface area contributed by atoms with Gasteiger partial charge in [0.05, 0.1) is 6.10 Å². The largest absolute Gasteiger partial charge is 0.456 e. The summed E-state index contributed by atoms with van der Waals surface area (Å²) in [5.74, 6) is 3.09. The Morgan fingerprint density at radius 2 is 1.63 bits per heavy atom. The fourth-order valence-corrected chi connectivity index (χ4v) is 12.3. The van der Waals surface area contributed by atoms with Crippen LogP contribution in [0.2, 0.25) is 0 Å². The molecule has 4 saturated carbocycles. The summed E-state index contributed by atoms with van der Waals surface area (Å²) in [7, 11) is 1.82. The monoisotopic (exact) mass is 586 g/mol. The van der Waals surface area contributed by atoms with Crippen molar-refractivity contribution in [3.63, 3.8) is 0 Å². The van der Waals surface area contributed by atoms with E-state index in [0.29, 0.717) is 17.3 Å². The molecule has 0 spiro atoms. The van der Waals surface area contributed by atoms with Crippen LogP contribution in [-0.4, -0.2) is 25.3 Å². The van der Waals surface area contributed by atoms with Crippen molar-refractivity contribution in [3.8, 4) is 0 Å². The maximum absolute atomic E-state index is 13.2. The number of allylic oxidation sites excluding steroid dienone is 2. The molecule has 6 rings (SSSR count). The molecular formula is C40H58O3. The summed E-state index contributed by atoms with van der Waals surface area (Å²) in [4.78, 5) is 13.2. The first-order valence-electron chi connectivity index (χ1n) is 17.4. The Bertz CT molecular complexity index is 1280. The predicted molar refractivity (Wildman–Crippen MR) is 176 cm³/mol. The molecule has 3 nitrogen and oxygen atoms in total. The molecule has 43 heavy (non-hydrogen) atoms. The van der Waals surface area contributed by atoms with Crippen LogP contribution >= 0.6 is 0 Å². The number of rotatable bonds is 4. The Labute approximate surface area is 262 Å². The lowest BCUT2D eigenvalue weighted by molar-refractivity contribution is -0.242. The maximum atomic E-state index is 13.2. The van der Waals surface area contributed by atoms with Crippen LogP contribution in [0, 0.1) is 56.7 Å². The summed E-state index contributed by atoms with van der Waals surface area (Å²) in [5.41, 5.74) is 3.74. The van der Waals surface area contributed by atoms with Gasteiger partial charge in [-0.1, -0.05) is 97.4 Å². The average molecular weight is 587 g/mol. The molecule has 236 valence electrons. The topological polar surface area (TPSA) is 35.5 Å². The van der Waals surface area contributed by atoms with Crippen LogP contribution in [0.5, 0.6) is 0 Å². The molecule has 3 unspecified atom stereocenters. The molecule has 0 bridgehead atoms. The Balaban J connectivity index is 1.31. The highest BCUT2D eigenvalue weighted by molar-refractivity contribution is 5.87. The van der Waals surface area contributed by atoms with Crippen LogP contribution in [0.4, 0.5) is 0 Å². The van der Waals surface area contributed by atoms with Crippen LogP contribution in [-0.2, 0) is 14.3 Å². The van der Waals surface area contributed by atoms with Crippen molar-refractivity contribution in [1.82, 2.24) is 0 Å². The van der Waals surface area contributed by atoms with E-state index in [1.54, 1.807) is 6.08 Å². The van der Waals surface area contributed by atoms with Crippen LogP contribution in [0.1, 0.15) is 112 Å². The van der Waals surface area contributed by atoms with Crippen molar-refractivity contribution >= 4 is 12.0 Å². The quantitative estimate of drug-likeness (QED) is 0.200. The van der Waals surface area contributed by atoms with Gasteiger partial charge in [0.15, 0.2) is 0 Å². The minimum Gasteiger partial charge on any atom is -0.456 e. The van der Waals surface area contributed by atoms with Crippen molar-refractivity contribution in [2.45, 2.75) is 119 Å². The zero-order chi connectivity index (χ0) is 31.0. The number of methoxy groups -OCH3 is 1. The third-order valence-corrected chi connectivity index (χ3v) is 15.0. The molecule has 1 aromatic rings. The summed E-state index contributed by atoms with van der Waals surface area (Å²) in [5, 5.41) is 0. The molecule has 5 aliphatic carbocycles. The Morgan fingerprint density at radius 3 is 2.33 bits per heavy atom. The van der Waals surface area contributed by atoms with Gasteiger partial charge in [-0.2, -0.15) is 0 Å². The zero-order valence-electron chi connectivity index (χ0n) is 28.5. The second-order valence-electron chi connectivity index (χ2n) is 17.2. The number of hydrogen-bond acceptors (Lipinski definition) is 3. The summed E-state index contributed by atoms with van der Waals surface area (Å²) in [6, 6.07) is 9.97. The Kier molecular flexibility index (Phi) is 7.67. The van der Waals surface area contributed by atoms with Crippen LogP contribution in [0.3, 0.4) is 0 Å². The van der Waals surface area contributed by atoms with Gasteiger partial charge in [-0.3, -0.25) is 0 Å². The molecule has 0 heterocycles. The molecule has 0 aromatic heterocycles. The van der Waals surface area contributed by atoms with Crippen LogP contribution in [0.25, 0.3) is 6.08 Å². The molecule has 0 radical (unpaired) electrons. The van der Waals surface area contributed by atoms with Crippen molar-refractivity contribution < 1.29 is 14.3 Å². The molecule has 5 aliphatic rings. The lowest BCUT2D eigenvalue weighted by Gasteiger charge is -2.72. The molecule has 3 heteroatoms. The molecule has 0 amide bonds. The number of hydrogen-bond donors (Lipinski definition) is 0. The third-order valence-electron chi connectivity index (χ3n) is 15.0. The predicted octanol–water partition coefficient (Wildman–Crippen LogP) is 9.91. The average Bonchev–Trinajstić information content (AvgIpc) is 2.96. The fourth-order valence-electron chi connectivity index (χ4n) is 12.3. The summed E-state index contributed by atoms with van der Waals surface area (Å²) < 4.78 is 12.6. The molecular weight excluding hydrogens is 528 g/mol. The van der Waals surface area contributed by atoms with Gasteiger partial charge in [-0.05, 0) is 114 Å². The van der Waals surface area contributed by atoms with Gasteiger partial charge in [0.25, 0.3) is 0 Å². The molecule has 1 aromatic carbocycles. The number of benzene rings is 1. The lowest BCUT2D eigenvalue weighted by Crippen LogP contribution is -2.67. The van der Waals surface area contributed by atoms with E-state index < -0.39 is 0 Å². The summed E-state index contributed by atoms with van der Waals surface area (Å²) in [6.07, 6.45) is 15.9. The highest BCUT2D eigenvalue weighted by Crippen LogP contribution is 2.75. The Hall–Kier alpha value is -1.87. The Morgan fingerprint density at radius 1 is 0.907 bits per heavy atom. The van der Waals surface area contributed by atoms with Crippen molar-refractivity contribution in [1.29, 1.82) is 0 Å². The van der Waals surface area contributed by atoms with E-state index in [4.69, 9.17) is 9.47 Å². The standard InChI is InChI=1S/C40H58O3/c1-26-19-21-37(5)23-24-39(7)29(34(37)27(26)2)16-17-32-38(6)25-30(42-9)35(36(3,4)31(38)20-22-40(32,39)8)43-33(41)18-15-28-13-11-10-12-14-28/h10-16,18,26-27,30-32,34-35H,17,19-25H2,1-9H3/b18-15+/t26-,27+,30+,31?,32?,34?,35-,37-,38+,39-,40-/m1/s1. The highest BCUT2D eigenvalue weighted by atomic mass is 16.6. The van der Waals surface area contributed by atoms with E-state index in [-0.39, 0.29) is 39.8 Å². The smallest absolute Gasteiger partial charge is 0.331 e. The van der Waals surface area contributed by atoms with E-state index >= 15 is 0 Å². The van der Waals surface area contributed by atoms with Gasteiger partial charge in [0.1, 0.15) is 6.10 Å². The zero-order valence-corrected chi connectivity index (χ0v) is 28.5. The second kappa shape index (κ2) is 10.6. The van der Waals surface area contributed by atoms with E-state index in [2.05, 4.69) is 61.5 Å². The second-order valence-corrected chi connectivity index (χ2v) is 17.2. The third kappa shape index (κ3) is 4.56. The van der Waals surface area contributed by atoms with Crippen molar-refractivity contribution in [3.05, 3.63) is 53.6 Å². The first-order valence-corrected chi connectivity index (χ1v) is 17.4. The molecule has 0 aliphatic heterocycles. The van der Waals surface area contributed by atoms with Crippen LogP contribution in [0.15, 0.2) is 48.1 Å². The minimum atomic E-state index is -0.271. The first kappa shape index (κ1) is 31.1. The highest BCUT2D eigenvalue weighted by Gasteiger charge is 2.69. The van der Waals surface area contributed by atoms with Gasteiger partial charge in [-0.25, -0.2) is 4.79 Å².